The lowest BCUT2D eigenvalue weighted by molar-refractivity contribution is 0.227. The average molecular weight is 360 g/mol. The minimum Gasteiger partial charge on any atom is -0.497 e. The molecule has 2 aliphatic heterocycles. The Balaban J connectivity index is 0.00000157. The van der Waals surface area contributed by atoms with E-state index in [1.54, 1.807) is 7.11 Å². The highest BCUT2D eigenvalue weighted by molar-refractivity contribution is 6.06. The molecule has 0 atom stereocenters. The van der Waals surface area contributed by atoms with E-state index in [9.17, 15) is 0 Å². The smallest absolute Gasteiger partial charge is 0.148 e. The topological polar surface area (TPSA) is 29.8 Å². The minimum atomic E-state index is 0. The lowest BCUT2D eigenvalue weighted by atomic mass is 9.93. The van der Waals surface area contributed by atoms with Crippen LogP contribution in [0.4, 0.5) is 0 Å². The summed E-state index contributed by atoms with van der Waals surface area (Å²) in [5.74, 6) is 2.22. The van der Waals surface area contributed by atoms with E-state index < -0.39 is 0 Å². The Hall–Kier alpha value is -1.68. The molecule has 1 aromatic carbocycles. The summed E-state index contributed by atoms with van der Waals surface area (Å²) in [6, 6.07) is 7.22. The van der Waals surface area contributed by atoms with Gasteiger partial charge in [-0.15, -0.1) is 12.4 Å². The van der Waals surface area contributed by atoms with Gasteiger partial charge in [-0.25, -0.2) is 0 Å². The zero-order valence-corrected chi connectivity index (χ0v) is 15.6. The van der Waals surface area contributed by atoms with Crippen LogP contribution in [0.1, 0.15) is 43.4 Å². The molecule has 5 rings (SSSR count). The monoisotopic (exact) mass is 359 g/mol. The lowest BCUT2D eigenvalue weighted by Crippen LogP contribution is -2.48. The van der Waals surface area contributed by atoms with Crippen LogP contribution < -0.4 is 4.74 Å². The maximum absolute atomic E-state index is 5.47. The molecule has 0 unspecified atom stereocenters. The SMILES string of the molecule is COc1ccc2c(c1)c1c3n2CCN(C2CCCCC2)C3=NCC1.Cl. The van der Waals surface area contributed by atoms with Crippen molar-refractivity contribution in [1.29, 1.82) is 0 Å². The number of fused-ring (bicyclic) bond motifs is 3. The summed E-state index contributed by atoms with van der Waals surface area (Å²) in [4.78, 5) is 7.62. The number of halogens is 1. The molecule has 1 aromatic heterocycles. The molecule has 0 radical (unpaired) electrons. The Kier molecular flexibility index (Phi) is 4.40. The van der Waals surface area contributed by atoms with Crippen LogP contribution in [-0.2, 0) is 13.0 Å². The summed E-state index contributed by atoms with van der Waals surface area (Å²) in [7, 11) is 1.75. The third-order valence-corrected chi connectivity index (χ3v) is 6.06. The Labute approximate surface area is 155 Å². The fourth-order valence-corrected chi connectivity index (χ4v) is 4.91. The van der Waals surface area contributed by atoms with Gasteiger partial charge in [-0.05, 0) is 43.0 Å². The summed E-state index contributed by atoms with van der Waals surface area (Å²) >= 11 is 0. The van der Waals surface area contributed by atoms with Gasteiger partial charge in [0.1, 0.15) is 11.6 Å². The van der Waals surface area contributed by atoms with E-state index >= 15 is 0 Å². The Morgan fingerprint density at radius 1 is 1.12 bits per heavy atom. The van der Waals surface area contributed by atoms with Gasteiger partial charge in [-0.2, -0.15) is 0 Å². The number of aliphatic imine (C=N–C) groups is 1. The normalized spacial score (nSPS) is 20.0. The molecule has 0 bridgehead atoms. The number of rotatable bonds is 2. The molecule has 0 saturated heterocycles. The van der Waals surface area contributed by atoms with Gasteiger partial charge in [0.2, 0.25) is 0 Å². The van der Waals surface area contributed by atoms with Crippen LogP contribution in [0.25, 0.3) is 10.9 Å². The first kappa shape index (κ1) is 16.8. The van der Waals surface area contributed by atoms with E-state index in [1.807, 2.05) is 0 Å². The van der Waals surface area contributed by atoms with Crippen LogP contribution in [0.2, 0.25) is 0 Å². The molecule has 134 valence electrons. The molecule has 25 heavy (non-hydrogen) atoms. The van der Waals surface area contributed by atoms with Gasteiger partial charge in [0.25, 0.3) is 0 Å². The molecule has 3 aliphatic rings. The number of amidine groups is 1. The number of nitrogens with zero attached hydrogens (tertiary/aromatic N) is 3. The molecule has 1 fully saturated rings. The first-order valence-corrected chi connectivity index (χ1v) is 9.37. The standard InChI is InChI=1S/C20H25N3O.ClH/c1-24-15-7-8-18-17(13-15)16-9-10-21-20-19(16)23(18)12-11-22(20)14-5-3-2-4-6-14;/h7-8,13-14H,2-6,9-12H2,1H3;1H. The van der Waals surface area contributed by atoms with Crippen molar-refractivity contribution >= 4 is 29.1 Å². The van der Waals surface area contributed by atoms with Crippen LogP contribution in [0, 0.1) is 0 Å². The Morgan fingerprint density at radius 2 is 1.96 bits per heavy atom. The predicted octanol–water partition coefficient (Wildman–Crippen LogP) is 4.02. The second-order valence-corrected chi connectivity index (χ2v) is 7.30. The number of aromatic nitrogens is 1. The number of benzene rings is 1. The molecule has 4 nitrogen and oxygen atoms in total. The van der Waals surface area contributed by atoms with Crippen molar-refractivity contribution in [2.24, 2.45) is 4.99 Å². The van der Waals surface area contributed by atoms with Gasteiger partial charge in [0, 0.05) is 36.6 Å². The summed E-state index contributed by atoms with van der Waals surface area (Å²) < 4.78 is 7.97. The van der Waals surface area contributed by atoms with Crippen molar-refractivity contribution in [2.75, 3.05) is 20.2 Å². The van der Waals surface area contributed by atoms with Crippen LogP contribution in [-0.4, -0.2) is 41.5 Å². The van der Waals surface area contributed by atoms with Crippen LogP contribution in [0.5, 0.6) is 5.75 Å². The van der Waals surface area contributed by atoms with Gasteiger partial charge in [0.05, 0.1) is 12.8 Å². The summed E-state index contributed by atoms with van der Waals surface area (Å²) in [5.41, 5.74) is 4.22. The number of hydrogen-bond acceptors (Lipinski definition) is 3. The van der Waals surface area contributed by atoms with Crippen molar-refractivity contribution in [3.05, 3.63) is 29.5 Å². The number of hydrogen-bond donors (Lipinski definition) is 0. The highest BCUT2D eigenvalue weighted by Crippen LogP contribution is 2.36. The molecule has 1 saturated carbocycles. The predicted molar refractivity (Wildman–Crippen MR) is 104 cm³/mol. The van der Waals surface area contributed by atoms with Gasteiger partial charge in [-0.3, -0.25) is 4.99 Å². The largest absolute Gasteiger partial charge is 0.497 e. The van der Waals surface area contributed by atoms with Crippen molar-refractivity contribution < 1.29 is 4.74 Å². The fourth-order valence-electron chi connectivity index (χ4n) is 4.91. The molecule has 3 heterocycles. The van der Waals surface area contributed by atoms with Crippen LogP contribution in [0.15, 0.2) is 23.2 Å². The fraction of sp³-hybridized carbons (Fsp3) is 0.550. The first-order chi connectivity index (χ1) is 11.9. The first-order valence-electron chi connectivity index (χ1n) is 9.37. The zero-order chi connectivity index (χ0) is 16.1. The summed E-state index contributed by atoms with van der Waals surface area (Å²) in [6.45, 7) is 3.10. The van der Waals surface area contributed by atoms with Gasteiger partial charge in [0.15, 0.2) is 0 Å². The van der Waals surface area contributed by atoms with Crippen molar-refractivity contribution in [3.8, 4) is 5.75 Å². The van der Waals surface area contributed by atoms with Crippen LogP contribution >= 0.6 is 12.4 Å². The van der Waals surface area contributed by atoms with Crippen molar-refractivity contribution in [1.82, 2.24) is 9.47 Å². The second-order valence-electron chi connectivity index (χ2n) is 7.30. The molecular formula is C20H26ClN3O. The average Bonchev–Trinajstić information content (AvgIpc) is 2.98. The van der Waals surface area contributed by atoms with E-state index in [4.69, 9.17) is 9.73 Å². The Bertz CT molecular complexity index is 820. The molecule has 0 amide bonds. The molecule has 1 aliphatic carbocycles. The van der Waals surface area contributed by atoms with Crippen LogP contribution in [0.3, 0.4) is 0 Å². The van der Waals surface area contributed by atoms with E-state index in [2.05, 4.69) is 27.7 Å². The second kappa shape index (κ2) is 6.56. The van der Waals surface area contributed by atoms with E-state index in [1.165, 1.54) is 60.1 Å². The summed E-state index contributed by atoms with van der Waals surface area (Å²) in [5, 5.41) is 1.36. The summed E-state index contributed by atoms with van der Waals surface area (Å²) in [6.07, 6.45) is 7.88. The van der Waals surface area contributed by atoms with Crippen molar-refractivity contribution in [3.63, 3.8) is 0 Å². The minimum absolute atomic E-state index is 0. The van der Waals surface area contributed by atoms with E-state index in [-0.39, 0.29) is 12.4 Å². The Morgan fingerprint density at radius 3 is 2.76 bits per heavy atom. The molecule has 0 N–H and O–H groups in total. The third-order valence-electron chi connectivity index (χ3n) is 6.06. The highest BCUT2D eigenvalue weighted by Gasteiger charge is 2.34. The molecule has 0 spiro atoms. The molecular weight excluding hydrogens is 334 g/mol. The number of methoxy groups -OCH3 is 1. The maximum atomic E-state index is 5.47. The van der Waals surface area contributed by atoms with E-state index in [0.717, 1.165) is 31.8 Å². The lowest BCUT2D eigenvalue weighted by Gasteiger charge is -2.41. The quantitative estimate of drug-likeness (QED) is 0.810. The van der Waals surface area contributed by atoms with Gasteiger partial charge in [-0.1, -0.05) is 19.3 Å². The zero-order valence-electron chi connectivity index (χ0n) is 14.8. The number of ether oxygens (including phenoxy) is 1. The maximum Gasteiger partial charge on any atom is 0.148 e. The van der Waals surface area contributed by atoms with E-state index in [0.29, 0.717) is 6.04 Å². The molecule has 2 aromatic rings. The molecule has 5 heteroatoms. The van der Waals surface area contributed by atoms with Gasteiger partial charge >= 0.3 is 0 Å². The third kappa shape index (κ3) is 2.53. The van der Waals surface area contributed by atoms with Gasteiger partial charge < -0.3 is 14.2 Å². The van der Waals surface area contributed by atoms with Crippen molar-refractivity contribution in [2.45, 2.75) is 51.1 Å². The highest BCUT2D eigenvalue weighted by atomic mass is 35.5.